The number of fused-ring (bicyclic) bond motifs is 1. The number of aromatic nitrogens is 2. The SMILES string of the molecule is C1CC1.CCO.Fc1cc(Br)c2cn[nH]c2c1. The van der Waals surface area contributed by atoms with Gasteiger partial charge in [-0.3, -0.25) is 5.10 Å². The monoisotopic (exact) mass is 302 g/mol. The van der Waals surface area contributed by atoms with Crippen molar-refractivity contribution >= 4 is 26.8 Å². The van der Waals surface area contributed by atoms with E-state index in [9.17, 15) is 4.39 Å². The van der Waals surface area contributed by atoms with Crippen molar-refractivity contribution in [1.29, 1.82) is 0 Å². The lowest BCUT2D eigenvalue weighted by atomic mass is 10.2. The van der Waals surface area contributed by atoms with Crippen LogP contribution in [0, 0.1) is 5.82 Å². The quantitative estimate of drug-likeness (QED) is 0.780. The Labute approximate surface area is 108 Å². The van der Waals surface area contributed by atoms with Gasteiger partial charge in [0.2, 0.25) is 0 Å². The summed E-state index contributed by atoms with van der Waals surface area (Å²) in [6, 6.07) is 2.82. The fraction of sp³-hybridized carbons (Fsp3) is 0.417. The van der Waals surface area contributed by atoms with Crippen LogP contribution in [0.1, 0.15) is 26.2 Å². The molecule has 17 heavy (non-hydrogen) atoms. The molecule has 94 valence electrons. The molecular weight excluding hydrogens is 287 g/mol. The van der Waals surface area contributed by atoms with Gasteiger partial charge in [-0.15, -0.1) is 0 Å². The highest BCUT2D eigenvalue weighted by Gasteiger charge is 2.01. The second-order valence-corrected chi connectivity index (χ2v) is 4.45. The minimum absolute atomic E-state index is 0.250. The van der Waals surface area contributed by atoms with E-state index in [1.165, 1.54) is 31.4 Å². The first-order chi connectivity index (χ1) is 8.19. The average Bonchev–Trinajstić information content (AvgIpc) is 3.06. The van der Waals surface area contributed by atoms with Crippen LogP contribution in [0.5, 0.6) is 0 Å². The van der Waals surface area contributed by atoms with E-state index in [0.29, 0.717) is 5.52 Å². The standard InChI is InChI=1S/C7H4BrFN2.C3H6.C2H6O/c8-6-1-4(9)2-7-5(6)3-10-11-7;1-2-3-1;1-2-3/h1-3H,(H,10,11);1-3H2;3H,2H2,1H3. The van der Waals surface area contributed by atoms with Crippen molar-refractivity contribution in [2.24, 2.45) is 0 Å². The van der Waals surface area contributed by atoms with Crippen molar-refractivity contribution in [2.45, 2.75) is 26.2 Å². The van der Waals surface area contributed by atoms with Crippen LogP contribution in [-0.4, -0.2) is 21.9 Å². The zero-order chi connectivity index (χ0) is 12.7. The highest BCUT2D eigenvalue weighted by Crippen LogP contribution is 2.22. The molecular formula is C12H16BrFN2O. The third-order valence-corrected chi connectivity index (χ3v) is 2.48. The molecule has 1 aliphatic rings. The number of benzene rings is 1. The van der Waals surface area contributed by atoms with E-state index in [0.717, 1.165) is 9.86 Å². The summed E-state index contributed by atoms with van der Waals surface area (Å²) >= 11 is 3.23. The number of hydrogen-bond acceptors (Lipinski definition) is 2. The van der Waals surface area contributed by atoms with E-state index in [1.54, 1.807) is 13.1 Å². The van der Waals surface area contributed by atoms with E-state index in [2.05, 4.69) is 26.1 Å². The van der Waals surface area contributed by atoms with Crippen molar-refractivity contribution < 1.29 is 9.50 Å². The number of halogens is 2. The summed E-state index contributed by atoms with van der Waals surface area (Å²) in [6.45, 7) is 1.93. The second kappa shape index (κ2) is 7.40. The summed E-state index contributed by atoms with van der Waals surface area (Å²) in [6.07, 6.45) is 6.15. The summed E-state index contributed by atoms with van der Waals surface area (Å²) in [5.41, 5.74) is 0.705. The predicted molar refractivity (Wildman–Crippen MR) is 70.4 cm³/mol. The molecule has 2 aromatic rings. The molecule has 0 radical (unpaired) electrons. The normalized spacial score (nSPS) is 12.2. The third kappa shape index (κ3) is 5.28. The molecule has 3 rings (SSSR count). The number of aliphatic hydroxyl groups excluding tert-OH is 1. The maximum absolute atomic E-state index is 12.7. The molecule has 0 bridgehead atoms. The van der Waals surface area contributed by atoms with Gasteiger partial charge >= 0.3 is 0 Å². The van der Waals surface area contributed by atoms with Crippen molar-refractivity contribution in [2.75, 3.05) is 6.61 Å². The molecule has 1 fully saturated rings. The minimum atomic E-state index is -0.270. The van der Waals surface area contributed by atoms with E-state index >= 15 is 0 Å². The van der Waals surface area contributed by atoms with Crippen LogP contribution >= 0.6 is 15.9 Å². The van der Waals surface area contributed by atoms with Gasteiger partial charge in [-0.2, -0.15) is 5.10 Å². The van der Waals surface area contributed by atoms with Crippen LogP contribution in [0.4, 0.5) is 4.39 Å². The van der Waals surface area contributed by atoms with E-state index in [4.69, 9.17) is 5.11 Å². The van der Waals surface area contributed by atoms with Gasteiger partial charge in [0.05, 0.1) is 11.7 Å². The smallest absolute Gasteiger partial charge is 0.126 e. The van der Waals surface area contributed by atoms with Crippen LogP contribution < -0.4 is 0 Å². The van der Waals surface area contributed by atoms with Gasteiger partial charge in [0.25, 0.3) is 0 Å². The Bertz CT molecular complexity index is 454. The van der Waals surface area contributed by atoms with Gasteiger partial charge in [-0.25, -0.2) is 4.39 Å². The molecule has 0 spiro atoms. The van der Waals surface area contributed by atoms with Crippen LogP contribution in [0.3, 0.4) is 0 Å². The zero-order valence-electron chi connectivity index (χ0n) is 9.71. The Morgan fingerprint density at radius 1 is 1.41 bits per heavy atom. The van der Waals surface area contributed by atoms with E-state index < -0.39 is 0 Å². The lowest BCUT2D eigenvalue weighted by Crippen LogP contribution is -1.75. The van der Waals surface area contributed by atoms with Crippen molar-refractivity contribution in [1.82, 2.24) is 10.2 Å². The maximum Gasteiger partial charge on any atom is 0.126 e. The summed E-state index contributed by atoms with van der Waals surface area (Å²) in [4.78, 5) is 0. The van der Waals surface area contributed by atoms with Crippen molar-refractivity contribution in [3.8, 4) is 0 Å². The first kappa shape index (κ1) is 14.1. The fourth-order valence-electron chi connectivity index (χ4n) is 0.975. The number of aromatic amines is 1. The van der Waals surface area contributed by atoms with Gasteiger partial charge in [0.15, 0.2) is 0 Å². The molecule has 0 aliphatic heterocycles. The minimum Gasteiger partial charge on any atom is -0.397 e. The first-order valence-electron chi connectivity index (χ1n) is 5.58. The summed E-state index contributed by atoms with van der Waals surface area (Å²) in [7, 11) is 0. The maximum atomic E-state index is 12.7. The van der Waals surface area contributed by atoms with E-state index in [-0.39, 0.29) is 12.4 Å². The van der Waals surface area contributed by atoms with E-state index in [1.807, 2.05) is 0 Å². The summed E-state index contributed by atoms with van der Waals surface area (Å²) in [5.74, 6) is -0.270. The van der Waals surface area contributed by atoms with Gasteiger partial charge in [-0.1, -0.05) is 19.3 Å². The lowest BCUT2D eigenvalue weighted by molar-refractivity contribution is 0.318. The largest absolute Gasteiger partial charge is 0.397 e. The Balaban J connectivity index is 0.000000200. The lowest BCUT2D eigenvalue weighted by Gasteiger charge is -1.92. The number of H-pyrrole nitrogens is 1. The number of nitrogens with zero attached hydrogens (tertiary/aromatic N) is 1. The summed E-state index contributed by atoms with van der Waals surface area (Å²) < 4.78 is 13.4. The molecule has 3 nitrogen and oxygen atoms in total. The van der Waals surface area contributed by atoms with Gasteiger partial charge < -0.3 is 5.11 Å². The highest BCUT2D eigenvalue weighted by atomic mass is 79.9. The van der Waals surface area contributed by atoms with Gasteiger partial charge in [0, 0.05) is 16.5 Å². The third-order valence-electron chi connectivity index (χ3n) is 1.83. The highest BCUT2D eigenvalue weighted by molar-refractivity contribution is 9.10. The molecule has 5 heteroatoms. The number of hydrogen-bond donors (Lipinski definition) is 2. The Morgan fingerprint density at radius 2 is 2.00 bits per heavy atom. The zero-order valence-corrected chi connectivity index (χ0v) is 11.3. The molecule has 1 heterocycles. The second-order valence-electron chi connectivity index (χ2n) is 3.60. The van der Waals surface area contributed by atoms with Crippen LogP contribution in [-0.2, 0) is 0 Å². The molecule has 0 amide bonds. The van der Waals surface area contributed by atoms with Crippen molar-refractivity contribution in [3.63, 3.8) is 0 Å². The number of aliphatic hydroxyl groups is 1. The molecule has 1 aromatic carbocycles. The molecule has 0 saturated heterocycles. The molecule has 2 N–H and O–H groups in total. The predicted octanol–water partition coefficient (Wildman–Crippen LogP) is 3.63. The molecule has 1 saturated carbocycles. The Hall–Kier alpha value is -0.940. The Morgan fingerprint density at radius 3 is 2.53 bits per heavy atom. The summed E-state index contributed by atoms with van der Waals surface area (Å²) in [5, 5.41) is 14.9. The topological polar surface area (TPSA) is 48.9 Å². The number of nitrogens with one attached hydrogen (secondary N) is 1. The number of rotatable bonds is 0. The van der Waals surface area contributed by atoms with Crippen LogP contribution in [0.2, 0.25) is 0 Å². The molecule has 1 aliphatic carbocycles. The fourth-order valence-corrected chi connectivity index (χ4v) is 1.51. The average molecular weight is 303 g/mol. The first-order valence-corrected chi connectivity index (χ1v) is 6.37. The molecule has 1 aromatic heterocycles. The van der Waals surface area contributed by atoms with Crippen molar-refractivity contribution in [3.05, 3.63) is 28.6 Å². The van der Waals surface area contributed by atoms with Gasteiger partial charge in [0.1, 0.15) is 5.82 Å². The molecule has 0 unspecified atom stereocenters. The molecule has 0 atom stereocenters. The van der Waals surface area contributed by atoms with Crippen LogP contribution in [0.15, 0.2) is 22.8 Å². The Kier molecular flexibility index (Phi) is 6.15. The van der Waals surface area contributed by atoms with Crippen LogP contribution in [0.25, 0.3) is 10.9 Å². The van der Waals surface area contributed by atoms with Gasteiger partial charge in [-0.05, 0) is 35.0 Å².